The van der Waals surface area contributed by atoms with Crippen molar-refractivity contribution >= 4 is 29.2 Å². The summed E-state index contributed by atoms with van der Waals surface area (Å²) in [5.41, 5.74) is 1.09. The van der Waals surface area contributed by atoms with Crippen molar-refractivity contribution in [2.24, 2.45) is 0 Å². The Morgan fingerprint density at radius 3 is 2.37 bits per heavy atom. The molecular formula is C31H26ClNO5. The number of fused-ring (bicyclic) bond motifs is 1. The molecule has 0 spiro atoms. The normalized spacial score (nSPS) is 16.3. The van der Waals surface area contributed by atoms with Crippen LogP contribution in [0, 0.1) is 0 Å². The van der Waals surface area contributed by atoms with Gasteiger partial charge in [0, 0.05) is 29.1 Å². The molecule has 192 valence electrons. The van der Waals surface area contributed by atoms with Crippen LogP contribution in [0.5, 0.6) is 11.5 Å². The van der Waals surface area contributed by atoms with E-state index in [9.17, 15) is 14.7 Å². The minimum absolute atomic E-state index is 0.0416. The summed E-state index contributed by atoms with van der Waals surface area (Å²) in [6, 6.07) is 28.2. The highest BCUT2D eigenvalue weighted by atomic mass is 35.5. The predicted molar refractivity (Wildman–Crippen MR) is 146 cm³/mol. The number of rotatable bonds is 8. The van der Waals surface area contributed by atoms with Gasteiger partial charge in [0.2, 0.25) is 5.60 Å². The smallest absolute Gasteiger partial charge is 0.339 e. The van der Waals surface area contributed by atoms with Crippen LogP contribution in [0.25, 0.3) is 0 Å². The number of amides is 1. The fourth-order valence-electron chi connectivity index (χ4n) is 4.81. The van der Waals surface area contributed by atoms with Gasteiger partial charge in [-0.2, -0.15) is 0 Å². The molecule has 0 saturated heterocycles. The highest BCUT2D eigenvalue weighted by Crippen LogP contribution is 2.47. The maximum absolute atomic E-state index is 14.3. The number of carbonyl (C=O) groups is 2. The Hall–Kier alpha value is -4.29. The van der Waals surface area contributed by atoms with Gasteiger partial charge in [-0.3, -0.25) is 4.79 Å². The van der Waals surface area contributed by atoms with Crippen molar-refractivity contribution in [1.82, 2.24) is 0 Å². The highest BCUT2D eigenvalue weighted by Gasteiger charge is 2.54. The summed E-state index contributed by atoms with van der Waals surface area (Å²) in [6.07, 6.45) is 0.490. The molecule has 0 fully saturated rings. The van der Waals surface area contributed by atoms with E-state index in [2.05, 4.69) is 0 Å². The van der Waals surface area contributed by atoms with Gasteiger partial charge in [0.05, 0.1) is 18.4 Å². The van der Waals surface area contributed by atoms with Gasteiger partial charge in [0.15, 0.2) is 0 Å². The maximum atomic E-state index is 14.3. The first-order chi connectivity index (χ1) is 18.4. The minimum Gasteiger partial charge on any atom is -0.508 e. The third-order valence-corrected chi connectivity index (χ3v) is 6.98. The van der Waals surface area contributed by atoms with E-state index in [4.69, 9.17) is 21.1 Å². The molecule has 4 aromatic carbocycles. The van der Waals surface area contributed by atoms with Crippen molar-refractivity contribution in [2.45, 2.75) is 18.4 Å². The van der Waals surface area contributed by atoms with Crippen molar-refractivity contribution < 1.29 is 24.2 Å². The Morgan fingerprint density at radius 2 is 1.66 bits per heavy atom. The monoisotopic (exact) mass is 527 g/mol. The average Bonchev–Trinajstić information content (AvgIpc) is 3.16. The SMILES string of the molecule is COc1ccc(O)c(CC2(OC(=O)c3ccccc3)C(=O)N(CCc3ccccc3)c3ccc(Cl)cc32)c1. The zero-order valence-corrected chi connectivity index (χ0v) is 21.5. The van der Waals surface area contributed by atoms with Gasteiger partial charge in [-0.05, 0) is 60.5 Å². The van der Waals surface area contributed by atoms with Gasteiger partial charge >= 0.3 is 5.97 Å². The van der Waals surface area contributed by atoms with Crippen LogP contribution >= 0.6 is 11.6 Å². The topological polar surface area (TPSA) is 76.1 Å². The molecule has 0 bridgehead atoms. The fraction of sp³-hybridized carbons (Fsp3) is 0.161. The zero-order chi connectivity index (χ0) is 26.7. The number of phenols is 1. The molecule has 1 atom stereocenters. The lowest BCUT2D eigenvalue weighted by atomic mass is 9.87. The van der Waals surface area contributed by atoms with Crippen LogP contribution in [-0.4, -0.2) is 30.6 Å². The predicted octanol–water partition coefficient (Wildman–Crippen LogP) is 5.94. The molecule has 1 aliphatic rings. The summed E-state index contributed by atoms with van der Waals surface area (Å²) in [4.78, 5) is 29.4. The Bertz CT molecular complexity index is 1470. The van der Waals surface area contributed by atoms with E-state index in [0.717, 1.165) is 5.56 Å². The quantitative estimate of drug-likeness (QED) is 0.287. The lowest BCUT2D eigenvalue weighted by molar-refractivity contribution is -0.137. The minimum atomic E-state index is -1.76. The first-order valence-corrected chi connectivity index (χ1v) is 12.6. The van der Waals surface area contributed by atoms with E-state index in [1.165, 1.54) is 13.2 Å². The first-order valence-electron chi connectivity index (χ1n) is 12.2. The standard InChI is InChI=1S/C31H26ClNO5/c1-37-25-13-15-28(34)23(18-25)20-31(38-29(35)22-10-6-3-7-11-22)26-19-24(32)12-14-27(26)33(30(31)36)17-16-21-8-4-2-5-9-21/h2-15,18-19,34H,16-17,20H2,1H3. The van der Waals surface area contributed by atoms with Crippen LogP contribution < -0.4 is 9.64 Å². The Kier molecular flexibility index (Phi) is 7.07. The number of carbonyl (C=O) groups excluding carboxylic acids is 2. The lowest BCUT2D eigenvalue weighted by Gasteiger charge is -2.29. The van der Waals surface area contributed by atoms with Crippen molar-refractivity contribution in [3.63, 3.8) is 0 Å². The second-order valence-electron chi connectivity index (χ2n) is 9.11. The highest BCUT2D eigenvalue weighted by molar-refractivity contribution is 6.31. The molecule has 6 nitrogen and oxygen atoms in total. The molecule has 4 aromatic rings. The van der Waals surface area contributed by atoms with Crippen LogP contribution in [0.15, 0.2) is 97.1 Å². The molecule has 0 aliphatic carbocycles. The van der Waals surface area contributed by atoms with Gasteiger partial charge < -0.3 is 19.5 Å². The van der Waals surface area contributed by atoms with E-state index in [-0.39, 0.29) is 12.2 Å². The molecule has 0 radical (unpaired) electrons. The molecule has 1 aliphatic heterocycles. The third kappa shape index (κ3) is 4.83. The maximum Gasteiger partial charge on any atom is 0.339 e. The molecule has 0 saturated carbocycles. The number of ether oxygens (including phenoxy) is 2. The molecule has 1 heterocycles. The fourth-order valence-corrected chi connectivity index (χ4v) is 4.98. The molecule has 0 aromatic heterocycles. The second-order valence-corrected chi connectivity index (χ2v) is 9.54. The Labute approximate surface area is 226 Å². The molecule has 7 heteroatoms. The van der Waals surface area contributed by atoms with E-state index >= 15 is 0 Å². The number of methoxy groups -OCH3 is 1. The molecule has 1 unspecified atom stereocenters. The second kappa shape index (κ2) is 10.6. The van der Waals surface area contributed by atoms with Crippen molar-refractivity contribution in [3.8, 4) is 11.5 Å². The third-order valence-electron chi connectivity index (χ3n) is 6.74. The number of phenolic OH excluding ortho intramolecular Hbond substituents is 1. The van der Waals surface area contributed by atoms with E-state index < -0.39 is 17.5 Å². The summed E-state index contributed by atoms with van der Waals surface area (Å²) in [7, 11) is 1.52. The van der Waals surface area contributed by atoms with Crippen LogP contribution in [0.2, 0.25) is 5.02 Å². The van der Waals surface area contributed by atoms with Crippen molar-refractivity contribution in [2.75, 3.05) is 18.6 Å². The number of aromatic hydroxyl groups is 1. The van der Waals surface area contributed by atoms with Crippen LogP contribution in [0.3, 0.4) is 0 Å². The van der Waals surface area contributed by atoms with Crippen LogP contribution in [0.1, 0.15) is 27.0 Å². The van der Waals surface area contributed by atoms with E-state index in [0.29, 0.717) is 46.1 Å². The number of nitrogens with zero attached hydrogens (tertiary/aromatic N) is 1. The summed E-state index contributed by atoms with van der Waals surface area (Å²) >= 11 is 6.41. The number of halogens is 1. The van der Waals surface area contributed by atoms with E-state index in [1.54, 1.807) is 65.6 Å². The lowest BCUT2D eigenvalue weighted by Crippen LogP contribution is -2.46. The summed E-state index contributed by atoms with van der Waals surface area (Å²) in [6.45, 7) is 0.367. The van der Waals surface area contributed by atoms with Crippen molar-refractivity contribution in [1.29, 1.82) is 0 Å². The summed E-state index contributed by atoms with van der Waals surface area (Å²) in [5, 5.41) is 11.1. The zero-order valence-electron chi connectivity index (χ0n) is 20.8. The van der Waals surface area contributed by atoms with Gasteiger partial charge in [-0.15, -0.1) is 0 Å². The molecule has 38 heavy (non-hydrogen) atoms. The van der Waals surface area contributed by atoms with Gasteiger partial charge in [-0.25, -0.2) is 4.79 Å². The Balaban J connectivity index is 1.62. The van der Waals surface area contributed by atoms with Crippen molar-refractivity contribution in [3.05, 3.63) is 124 Å². The molecule has 5 rings (SSSR count). The van der Waals surface area contributed by atoms with Gasteiger partial charge in [0.1, 0.15) is 11.5 Å². The molecule has 1 amide bonds. The van der Waals surface area contributed by atoms with Crippen LogP contribution in [0.4, 0.5) is 5.69 Å². The average molecular weight is 528 g/mol. The number of hydrogen-bond donors (Lipinski definition) is 1. The number of anilines is 1. The van der Waals surface area contributed by atoms with Gasteiger partial charge in [0.25, 0.3) is 5.91 Å². The number of hydrogen-bond acceptors (Lipinski definition) is 5. The summed E-state index contributed by atoms with van der Waals surface area (Å²) in [5.74, 6) is -0.602. The Morgan fingerprint density at radius 1 is 0.947 bits per heavy atom. The van der Waals surface area contributed by atoms with E-state index in [1.807, 2.05) is 30.3 Å². The number of esters is 1. The van der Waals surface area contributed by atoms with Gasteiger partial charge in [-0.1, -0.05) is 60.1 Å². The summed E-state index contributed by atoms with van der Waals surface area (Å²) < 4.78 is 11.5. The number of benzene rings is 4. The first kappa shape index (κ1) is 25.4. The molecule has 1 N–H and O–H groups in total. The molecular weight excluding hydrogens is 502 g/mol. The van der Waals surface area contributed by atoms with Crippen LogP contribution in [-0.2, 0) is 28.0 Å². The largest absolute Gasteiger partial charge is 0.508 e.